The summed E-state index contributed by atoms with van der Waals surface area (Å²) in [5.41, 5.74) is 3.15. The summed E-state index contributed by atoms with van der Waals surface area (Å²) >= 11 is 0. The van der Waals surface area contributed by atoms with Gasteiger partial charge in [0.15, 0.2) is 5.70 Å². The Morgan fingerprint density at radius 2 is 1.61 bits per heavy atom. The maximum absolute atomic E-state index is 12.6. The zero-order valence-electron chi connectivity index (χ0n) is 18.1. The number of para-hydroxylation sites is 2. The Hall–Kier alpha value is -4.45. The average molecular weight is 436 g/mol. The fourth-order valence-electron chi connectivity index (χ4n) is 3.94. The van der Waals surface area contributed by atoms with Crippen LogP contribution >= 0.6 is 0 Å². The molecule has 3 aromatic carbocycles. The molecule has 0 saturated carbocycles. The number of nitrogens with zero attached hydrogens (tertiary/aromatic N) is 2. The number of aromatic nitrogens is 1. The lowest BCUT2D eigenvalue weighted by atomic mass is 10.1. The van der Waals surface area contributed by atoms with E-state index in [9.17, 15) is 9.59 Å². The van der Waals surface area contributed by atoms with Gasteiger partial charge in [-0.15, -0.1) is 0 Å². The van der Waals surface area contributed by atoms with E-state index in [1.165, 1.54) is 6.92 Å². The predicted octanol–water partition coefficient (Wildman–Crippen LogP) is 5.75. The summed E-state index contributed by atoms with van der Waals surface area (Å²) in [6, 6.07) is 24.2. The molecule has 0 fully saturated rings. The highest BCUT2D eigenvalue weighted by molar-refractivity contribution is 6.13. The monoisotopic (exact) mass is 436 g/mol. The summed E-state index contributed by atoms with van der Waals surface area (Å²) in [6.07, 6.45) is 1.68. The van der Waals surface area contributed by atoms with Crippen LogP contribution in [-0.2, 0) is 9.53 Å². The van der Waals surface area contributed by atoms with Crippen LogP contribution in [0.3, 0.4) is 0 Å². The Labute approximate surface area is 190 Å². The zero-order chi connectivity index (χ0) is 22.9. The first kappa shape index (κ1) is 20.5. The molecule has 162 valence electrons. The second-order valence-corrected chi connectivity index (χ2v) is 7.65. The Morgan fingerprint density at radius 1 is 0.939 bits per heavy atom. The number of carbonyl (C=O) groups is 2. The van der Waals surface area contributed by atoms with Crippen LogP contribution in [0.1, 0.15) is 28.5 Å². The molecule has 0 saturated heterocycles. The van der Waals surface area contributed by atoms with Crippen LogP contribution in [0.25, 0.3) is 17.0 Å². The number of hydrogen-bond acceptors (Lipinski definition) is 5. The molecule has 5 rings (SSSR count). The lowest BCUT2D eigenvalue weighted by molar-refractivity contribution is -0.129. The van der Waals surface area contributed by atoms with E-state index in [0.29, 0.717) is 11.3 Å². The molecule has 0 aliphatic carbocycles. The van der Waals surface area contributed by atoms with Gasteiger partial charge in [0.05, 0.1) is 5.52 Å². The number of fused-ring (bicyclic) bond motifs is 1. The van der Waals surface area contributed by atoms with Gasteiger partial charge in [-0.1, -0.05) is 36.4 Å². The van der Waals surface area contributed by atoms with Crippen molar-refractivity contribution in [2.24, 2.45) is 4.99 Å². The van der Waals surface area contributed by atoms with E-state index >= 15 is 0 Å². The molecule has 33 heavy (non-hydrogen) atoms. The van der Waals surface area contributed by atoms with Crippen molar-refractivity contribution >= 4 is 34.8 Å². The minimum atomic E-state index is -0.534. The highest BCUT2D eigenvalue weighted by Gasteiger charge is 2.25. The van der Waals surface area contributed by atoms with Crippen molar-refractivity contribution in [2.45, 2.75) is 13.8 Å². The molecule has 0 atom stereocenters. The number of benzene rings is 3. The molecule has 1 aliphatic rings. The molecule has 0 spiro atoms. The second-order valence-electron chi connectivity index (χ2n) is 7.65. The van der Waals surface area contributed by atoms with E-state index in [-0.39, 0.29) is 17.5 Å². The van der Waals surface area contributed by atoms with Gasteiger partial charge >= 0.3 is 5.97 Å². The molecule has 0 N–H and O–H groups in total. The molecule has 0 bridgehead atoms. The summed E-state index contributed by atoms with van der Waals surface area (Å²) in [5.74, 6) is 1.00. The van der Waals surface area contributed by atoms with E-state index in [0.717, 1.165) is 27.9 Å². The first-order valence-electron chi connectivity index (χ1n) is 10.5. The van der Waals surface area contributed by atoms with Crippen molar-refractivity contribution in [1.29, 1.82) is 0 Å². The van der Waals surface area contributed by atoms with E-state index in [2.05, 4.69) is 4.99 Å². The van der Waals surface area contributed by atoms with Gasteiger partial charge in [-0.3, -0.25) is 9.36 Å². The number of esters is 1. The molecule has 4 aromatic rings. The number of aliphatic imine (C=N–C) groups is 1. The van der Waals surface area contributed by atoms with Crippen molar-refractivity contribution in [2.75, 3.05) is 0 Å². The number of rotatable bonds is 4. The van der Waals surface area contributed by atoms with E-state index in [1.54, 1.807) is 34.9 Å². The first-order chi connectivity index (χ1) is 16.0. The van der Waals surface area contributed by atoms with E-state index < -0.39 is 5.97 Å². The fourth-order valence-corrected chi connectivity index (χ4v) is 3.94. The third-order valence-corrected chi connectivity index (χ3v) is 5.46. The van der Waals surface area contributed by atoms with Gasteiger partial charge < -0.3 is 9.47 Å². The molecule has 0 unspecified atom stereocenters. The van der Waals surface area contributed by atoms with Crippen LogP contribution in [0.2, 0.25) is 0 Å². The number of ether oxygens (including phenoxy) is 2. The molecule has 1 aromatic heterocycles. The van der Waals surface area contributed by atoms with Crippen LogP contribution in [0.5, 0.6) is 11.5 Å². The van der Waals surface area contributed by atoms with E-state index in [4.69, 9.17) is 9.47 Å². The van der Waals surface area contributed by atoms with Crippen LogP contribution in [0.15, 0.2) is 89.6 Å². The molecule has 0 amide bonds. The number of hydrogen-bond donors (Lipinski definition) is 0. The molecule has 2 heterocycles. The molecular weight excluding hydrogens is 416 g/mol. The van der Waals surface area contributed by atoms with Gasteiger partial charge in [0, 0.05) is 29.1 Å². The van der Waals surface area contributed by atoms with Gasteiger partial charge in [-0.2, -0.15) is 0 Å². The Kier molecular flexibility index (Phi) is 5.11. The largest absolute Gasteiger partial charge is 0.457 e. The smallest absolute Gasteiger partial charge is 0.363 e. The van der Waals surface area contributed by atoms with Crippen LogP contribution in [0.4, 0.5) is 0 Å². The topological polar surface area (TPSA) is 69.9 Å². The van der Waals surface area contributed by atoms with Crippen LogP contribution < -0.4 is 4.74 Å². The normalized spacial score (nSPS) is 14.4. The lowest BCUT2D eigenvalue weighted by Gasteiger charge is -2.06. The Bertz CT molecular complexity index is 1450. The molecule has 0 radical (unpaired) electrons. The summed E-state index contributed by atoms with van der Waals surface area (Å²) in [4.78, 5) is 29.2. The highest BCUT2D eigenvalue weighted by Crippen LogP contribution is 2.30. The molecule has 6 nitrogen and oxygen atoms in total. The minimum absolute atomic E-state index is 0.0932. The van der Waals surface area contributed by atoms with E-state index in [1.807, 2.05) is 61.5 Å². The van der Waals surface area contributed by atoms with Gasteiger partial charge in [0.25, 0.3) is 0 Å². The zero-order valence-corrected chi connectivity index (χ0v) is 18.1. The Morgan fingerprint density at radius 3 is 2.33 bits per heavy atom. The SMILES string of the molecule is CC(=O)n1c(C)c(C=C2N=C(c3ccc(Oc4ccccc4)cc3)OC2=O)c2ccccc21. The lowest BCUT2D eigenvalue weighted by Crippen LogP contribution is -2.07. The molecular formula is C27H20N2O4. The standard InChI is InChI=1S/C27H20N2O4/c1-17-23(22-10-6-7-11-25(22)29(17)18(2)30)16-24-27(31)33-26(28-24)19-12-14-21(15-13-19)32-20-8-4-3-5-9-20/h3-16H,1-2H3. The van der Waals surface area contributed by atoms with Crippen LogP contribution in [-0.4, -0.2) is 22.3 Å². The third-order valence-electron chi connectivity index (χ3n) is 5.46. The summed E-state index contributed by atoms with van der Waals surface area (Å²) in [6.45, 7) is 3.37. The summed E-state index contributed by atoms with van der Waals surface area (Å²) < 4.78 is 12.9. The Balaban J connectivity index is 1.47. The maximum Gasteiger partial charge on any atom is 0.363 e. The molecule has 1 aliphatic heterocycles. The predicted molar refractivity (Wildman–Crippen MR) is 127 cm³/mol. The van der Waals surface area contributed by atoms with Crippen molar-refractivity contribution < 1.29 is 19.1 Å². The van der Waals surface area contributed by atoms with Crippen molar-refractivity contribution in [3.63, 3.8) is 0 Å². The van der Waals surface area contributed by atoms with Crippen LogP contribution in [0, 0.1) is 6.92 Å². The molecule has 6 heteroatoms. The minimum Gasteiger partial charge on any atom is -0.457 e. The van der Waals surface area contributed by atoms with Gasteiger partial charge in [0.2, 0.25) is 11.8 Å². The average Bonchev–Trinajstić information content (AvgIpc) is 3.32. The summed E-state index contributed by atoms with van der Waals surface area (Å²) in [5, 5.41) is 0.872. The number of carbonyl (C=O) groups excluding carboxylic acids is 2. The van der Waals surface area contributed by atoms with Gasteiger partial charge in [-0.25, -0.2) is 9.79 Å². The van der Waals surface area contributed by atoms with Crippen molar-refractivity contribution in [3.05, 3.63) is 101 Å². The van der Waals surface area contributed by atoms with Crippen molar-refractivity contribution in [3.8, 4) is 11.5 Å². The van der Waals surface area contributed by atoms with Gasteiger partial charge in [-0.05, 0) is 55.5 Å². The summed E-state index contributed by atoms with van der Waals surface area (Å²) in [7, 11) is 0. The quantitative estimate of drug-likeness (QED) is 0.302. The maximum atomic E-state index is 12.6. The van der Waals surface area contributed by atoms with Gasteiger partial charge in [0.1, 0.15) is 11.5 Å². The fraction of sp³-hybridized carbons (Fsp3) is 0.0741. The first-order valence-corrected chi connectivity index (χ1v) is 10.5. The highest BCUT2D eigenvalue weighted by atomic mass is 16.6. The number of cyclic esters (lactones) is 1. The second kappa shape index (κ2) is 8.24. The third kappa shape index (κ3) is 3.83. The van der Waals surface area contributed by atoms with Crippen molar-refractivity contribution in [1.82, 2.24) is 4.57 Å².